The maximum absolute atomic E-state index is 10.8. The Kier molecular flexibility index (Phi) is 5.82. The summed E-state index contributed by atoms with van der Waals surface area (Å²) in [5.74, 6) is 0.883. The maximum Gasteiger partial charge on any atom is 0.232 e. The van der Waals surface area contributed by atoms with Crippen LogP contribution in [0.3, 0.4) is 0 Å². The third-order valence-corrected chi connectivity index (χ3v) is 4.38. The molecule has 0 amide bonds. The molecular formula is C15H18ClNO3S. The third-order valence-electron chi connectivity index (χ3n) is 3.15. The first-order valence-corrected chi connectivity index (χ1v) is 9.43. The minimum absolute atomic E-state index is 0.0460. The number of hydrogen-bond acceptors (Lipinski definition) is 4. The molecule has 2 rings (SSSR count). The van der Waals surface area contributed by atoms with Crippen molar-refractivity contribution in [1.29, 1.82) is 0 Å². The number of fused-ring (bicyclic) bond motifs is 1. The fourth-order valence-electron chi connectivity index (χ4n) is 2.11. The van der Waals surface area contributed by atoms with E-state index < -0.39 is 9.05 Å². The molecule has 0 saturated carbocycles. The Hall–Kier alpha value is -1.33. The van der Waals surface area contributed by atoms with Crippen molar-refractivity contribution in [3.63, 3.8) is 0 Å². The second-order valence-electron chi connectivity index (χ2n) is 4.83. The molecule has 0 aliphatic carbocycles. The summed E-state index contributed by atoms with van der Waals surface area (Å²) in [4.78, 5) is 4.28. The molecular weight excluding hydrogens is 310 g/mol. The molecule has 4 nitrogen and oxygen atoms in total. The lowest BCUT2D eigenvalue weighted by Crippen LogP contribution is -2.00. The number of hydrogen-bond donors (Lipinski definition) is 0. The summed E-state index contributed by atoms with van der Waals surface area (Å²) in [7, 11) is 1.80. The van der Waals surface area contributed by atoms with Crippen molar-refractivity contribution in [3.05, 3.63) is 36.5 Å². The lowest BCUT2D eigenvalue weighted by molar-refractivity contribution is 0.308. The van der Waals surface area contributed by atoms with E-state index in [1.807, 2.05) is 30.3 Å². The molecule has 6 heteroatoms. The van der Waals surface area contributed by atoms with Crippen molar-refractivity contribution >= 4 is 30.6 Å². The van der Waals surface area contributed by atoms with Crippen molar-refractivity contribution in [2.24, 2.45) is 0 Å². The van der Waals surface area contributed by atoms with Gasteiger partial charge in [-0.2, -0.15) is 0 Å². The molecule has 0 unspecified atom stereocenters. The Morgan fingerprint density at radius 2 is 1.86 bits per heavy atom. The van der Waals surface area contributed by atoms with Crippen LogP contribution < -0.4 is 4.74 Å². The lowest BCUT2D eigenvalue weighted by Gasteiger charge is -2.08. The summed E-state index contributed by atoms with van der Waals surface area (Å²) in [5.41, 5.74) is 0.919. The van der Waals surface area contributed by atoms with Gasteiger partial charge in [0.2, 0.25) is 9.05 Å². The van der Waals surface area contributed by atoms with Gasteiger partial charge in [0.05, 0.1) is 17.9 Å². The van der Waals surface area contributed by atoms with E-state index in [1.165, 1.54) is 0 Å². The van der Waals surface area contributed by atoms with Gasteiger partial charge in [0.15, 0.2) is 0 Å². The van der Waals surface area contributed by atoms with Gasteiger partial charge in [0.25, 0.3) is 0 Å². The van der Waals surface area contributed by atoms with E-state index in [-0.39, 0.29) is 5.75 Å². The minimum Gasteiger partial charge on any atom is -0.493 e. The number of benzene rings is 1. The maximum atomic E-state index is 10.8. The highest BCUT2D eigenvalue weighted by Crippen LogP contribution is 2.23. The standard InChI is InChI=1S/C15H18ClNO3S/c16-21(18,19)12-4-2-1-3-11-20-15-9-5-8-14-13(15)7-6-10-17-14/h5-10H,1-4,11-12H2. The van der Waals surface area contributed by atoms with Crippen LogP contribution >= 0.6 is 10.7 Å². The SMILES string of the molecule is O=S(=O)(Cl)CCCCCCOc1cccc2ncccc12. The van der Waals surface area contributed by atoms with Crippen LogP contribution in [0.2, 0.25) is 0 Å². The highest BCUT2D eigenvalue weighted by atomic mass is 35.7. The summed E-state index contributed by atoms with van der Waals surface area (Å²) in [6, 6.07) is 9.69. The molecule has 1 heterocycles. The van der Waals surface area contributed by atoms with Gasteiger partial charge in [-0.3, -0.25) is 4.98 Å². The van der Waals surface area contributed by atoms with E-state index in [0.29, 0.717) is 13.0 Å². The molecule has 0 bridgehead atoms. The van der Waals surface area contributed by atoms with E-state index in [0.717, 1.165) is 35.9 Å². The fraction of sp³-hybridized carbons (Fsp3) is 0.400. The minimum atomic E-state index is -3.35. The number of nitrogens with zero attached hydrogens (tertiary/aromatic N) is 1. The highest BCUT2D eigenvalue weighted by Gasteiger charge is 2.04. The van der Waals surface area contributed by atoms with Crippen LogP contribution in [-0.2, 0) is 9.05 Å². The van der Waals surface area contributed by atoms with Crippen molar-refractivity contribution in [2.45, 2.75) is 25.7 Å². The Balaban J connectivity index is 1.73. The molecule has 21 heavy (non-hydrogen) atoms. The Morgan fingerprint density at radius 3 is 2.67 bits per heavy atom. The van der Waals surface area contributed by atoms with Crippen LogP contribution in [0.1, 0.15) is 25.7 Å². The number of unbranched alkanes of at least 4 members (excludes halogenated alkanes) is 3. The van der Waals surface area contributed by atoms with Gasteiger partial charge < -0.3 is 4.74 Å². The largest absolute Gasteiger partial charge is 0.493 e. The molecule has 0 spiro atoms. The average molecular weight is 328 g/mol. The number of halogens is 1. The van der Waals surface area contributed by atoms with E-state index in [9.17, 15) is 8.42 Å². The highest BCUT2D eigenvalue weighted by molar-refractivity contribution is 8.13. The summed E-state index contributed by atoms with van der Waals surface area (Å²) >= 11 is 0. The topological polar surface area (TPSA) is 56.3 Å². The summed E-state index contributed by atoms with van der Waals surface area (Å²) in [6.45, 7) is 0.613. The Labute approximate surface area is 129 Å². The number of ether oxygens (including phenoxy) is 1. The molecule has 0 saturated heterocycles. The predicted molar refractivity (Wildman–Crippen MR) is 85.3 cm³/mol. The molecule has 0 atom stereocenters. The second-order valence-corrected chi connectivity index (χ2v) is 7.73. The van der Waals surface area contributed by atoms with Crippen molar-refractivity contribution in [1.82, 2.24) is 4.98 Å². The fourth-order valence-corrected chi connectivity index (χ4v) is 2.99. The first-order chi connectivity index (χ1) is 10.1. The molecule has 0 aliphatic rings. The molecule has 0 radical (unpaired) electrons. The van der Waals surface area contributed by atoms with Crippen LogP contribution in [0.25, 0.3) is 10.9 Å². The van der Waals surface area contributed by atoms with Crippen molar-refractivity contribution in [3.8, 4) is 5.75 Å². The molecule has 1 aromatic carbocycles. The van der Waals surface area contributed by atoms with Gasteiger partial charge in [-0.05, 0) is 37.1 Å². The molecule has 0 aliphatic heterocycles. The summed E-state index contributed by atoms with van der Waals surface area (Å²) in [5, 5.41) is 1.01. The van der Waals surface area contributed by atoms with E-state index in [4.69, 9.17) is 15.4 Å². The molecule has 114 valence electrons. The predicted octanol–water partition coefficient (Wildman–Crippen LogP) is 3.74. The van der Waals surface area contributed by atoms with E-state index in [2.05, 4.69) is 4.98 Å². The number of pyridine rings is 1. The first-order valence-electron chi connectivity index (χ1n) is 6.95. The molecule has 2 aromatic rings. The van der Waals surface area contributed by atoms with Crippen LogP contribution in [0.5, 0.6) is 5.75 Å². The quantitative estimate of drug-likeness (QED) is 0.547. The zero-order valence-electron chi connectivity index (χ0n) is 11.7. The molecule has 0 fully saturated rings. The number of rotatable bonds is 8. The van der Waals surface area contributed by atoms with Crippen LogP contribution in [0.4, 0.5) is 0 Å². The summed E-state index contributed by atoms with van der Waals surface area (Å²) < 4.78 is 27.3. The van der Waals surface area contributed by atoms with Gasteiger partial charge in [0, 0.05) is 22.3 Å². The molecule has 0 N–H and O–H groups in total. The second kappa shape index (κ2) is 7.61. The van der Waals surface area contributed by atoms with E-state index in [1.54, 1.807) is 6.20 Å². The van der Waals surface area contributed by atoms with Crippen molar-refractivity contribution in [2.75, 3.05) is 12.4 Å². The van der Waals surface area contributed by atoms with Gasteiger partial charge in [-0.15, -0.1) is 0 Å². The van der Waals surface area contributed by atoms with Crippen LogP contribution in [0.15, 0.2) is 36.5 Å². The zero-order valence-corrected chi connectivity index (χ0v) is 13.2. The van der Waals surface area contributed by atoms with Crippen molar-refractivity contribution < 1.29 is 13.2 Å². The van der Waals surface area contributed by atoms with Crippen LogP contribution in [-0.4, -0.2) is 25.8 Å². The normalized spacial score (nSPS) is 11.7. The number of aromatic nitrogens is 1. The van der Waals surface area contributed by atoms with E-state index >= 15 is 0 Å². The van der Waals surface area contributed by atoms with Gasteiger partial charge in [0.1, 0.15) is 5.75 Å². The van der Waals surface area contributed by atoms with Crippen LogP contribution in [0, 0.1) is 0 Å². The summed E-state index contributed by atoms with van der Waals surface area (Å²) in [6.07, 6.45) is 5.02. The van der Waals surface area contributed by atoms with Gasteiger partial charge >= 0.3 is 0 Å². The average Bonchev–Trinajstić information content (AvgIpc) is 2.45. The first kappa shape index (κ1) is 16.0. The molecule has 1 aromatic heterocycles. The Bertz CT molecular complexity index is 683. The smallest absolute Gasteiger partial charge is 0.232 e. The van der Waals surface area contributed by atoms with Gasteiger partial charge in [-0.1, -0.05) is 18.9 Å². The third kappa shape index (κ3) is 5.52. The lowest BCUT2D eigenvalue weighted by atomic mass is 10.2. The zero-order chi connectivity index (χ0) is 15.1. The van der Waals surface area contributed by atoms with Gasteiger partial charge in [-0.25, -0.2) is 8.42 Å². The Morgan fingerprint density at radius 1 is 1.05 bits per heavy atom. The monoisotopic (exact) mass is 327 g/mol.